The summed E-state index contributed by atoms with van der Waals surface area (Å²) in [5, 5.41) is 3.63. The second kappa shape index (κ2) is 7.48. The van der Waals surface area contributed by atoms with Crippen molar-refractivity contribution in [2.45, 2.75) is 26.8 Å². The second-order valence-corrected chi connectivity index (χ2v) is 6.94. The van der Waals surface area contributed by atoms with E-state index >= 15 is 0 Å². The fraction of sp³-hybridized carbons (Fsp3) is 0.238. The molecule has 1 heterocycles. The number of halogens is 1. The number of nitrogens with one attached hydrogen (secondary N) is 1. The van der Waals surface area contributed by atoms with Crippen molar-refractivity contribution < 1.29 is 13.9 Å². The minimum absolute atomic E-state index is 0.376. The first-order chi connectivity index (χ1) is 12.8. The van der Waals surface area contributed by atoms with Gasteiger partial charge >= 0.3 is 5.97 Å². The number of hydrogen-bond donors (Lipinski definition) is 1. The standard InChI is InChI=1S/C21H21FN2O2S/c1-12-8-9-13(2)17(10-12)24-14(3)18(20(25)26-4)19(23-21(24)27)15-6-5-7-16(22)11-15/h5-11,19H,1-4H3,(H,23,27)/t19-/m1/s1. The number of benzene rings is 2. The number of rotatable bonds is 3. The molecule has 0 bridgehead atoms. The number of ether oxygens (including phenoxy) is 1. The molecular weight excluding hydrogens is 363 g/mol. The fourth-order valence-electron chi connectivity index (χ4n) is 3.30. The molecular formula is C21H21FN2O2S. The van der Waals surface area contributed by atoms with Gasteiger partial charge < -0.3 is 10.1 Å². The molecule has 1 aliphatic heterocycles. The van der Waals surface area contributed by atoms with E-state index < -0.39 is 12.0 Å². The van der Waals surface area contributed by atoms with Gasteiger partial charge in [0.1, 0.15) is 5.82 Å². The summed E-state index contributed by atoms with van der Waals surface area (Å²) in [6, 6.07) is 11.6. The van der Waals surface area contributed by atoms with Gasteiger partial charge in [-0.25, -0.2) is 9.18 Å². The minimum atomic E-state index is -0.581. The number of esters is 1. The SMILES string of the molecule is COC(=O)C1=C(C)N(c2cc(C)ccc2C)C(=S)N[C@@H]1c1cccc(F)c1. The van der Waals surface area contributed by atoms with Crippen LogP contribution in [-0.4, -0.2) is 18.2 Å². The molecule has 0 saturated heterocycles. The Kier molecular flexibility index (Phi) is 5.28. The third-order valence-electron chi connectivity index (χ3n) is 4.68. The molecule has 0 aliphatic carbocycles. The van der Waals surface area contributed by atoms with E-state index in [1.54, 1.807) is 12.1 Å². The van der Waals surface area contributed by atoms with E-state index in [0.717, 1.165) is 16.8 Å². The van der Waals surface area contributed by atoms with E-state index in [1.807, 2.05) is 43.9 Å². The summed E-state index contributed by atoms with van der Waals surface area (Å²) < 4.78 is 18.8. The Morgan fingerprint density at radius 3 is 2.59 bits per heavy atom. The molecule has 0 radical (unpaired) electrons. The molecule has 0 fully saturated rings. The van der Waals surface area contributed by atoms with Crippen LogP contribution in [0.5, 0.6) is 0 Å². The van der Waals surface area contributed by atoms with Crippen LogP contribution in [0.1, 0.15) is 29.7 Å². The van der Waals surface area contributed by atoms with Crippen LogP contribution in [0.25, 0.3) is 0 Å². The number of nitrogens with zero attached hydrogens (tertiary/aromatic N) is 1. The topological polar surface area (TPSA) is 41.6 Å². The number of carbonyl (C=O) groups is 1. The van der Waals surface area contributed by atoms with Crippen molar-refractivity contribution in [2.75, 3.05) is 12.0 Å². The lowest BCUT2D eigenvalue weighted by Gasteiger charge is -2.38. The molecule has 0 amide bonds. The van der Waals surface area contributed by atoms with E-state index in [-0.39, 0.29) is 5.82 Å². The van der Waals surface area contributed by atoms with Gasteiger partial charge in [0.15, 0.2) is 5.11 Å². The zero-order valence-electron chi connectivity index (χ0n) is 15.7. The third-order valence-corrected chi connectivity index (χ3v) is 4.98. The lowest BCUT2D eigenvalue weighted by molar-refractivity contribution is -0.136. The average molecular weight is 384 g/mol. The Morgan fingerprint density at radius 2 is 1.93 bits per heavy atom. The fourth-order valence-corrected chi connectivity index (χ4v) is 3.66. The first-order valence-corrected chi connectivity index (χ1v) is 8.96. The van der Waals surface area contributed by atoms with Gasteiger partial charge in [-0.1, -0.05) is 24.3 Å². The molecule has 1 aliphatic rings. The van der Waals surface area contributed by atoms with E-state index in [1.165, 1.54) is 19.2 Å². The summed E-state index contributed by atoms with van der Waals surface area (Å²) in [5.41, 5.74) is 4.67. The van der Waals surface area contributed by atoms with Gasteiger partial charge in [0.25, 0.3) is 0 Å². The third kappa shape index (κ3) is 3.57. The Bertz CT molecular complexity index is 955. The molecule has 0 saturated carbocycles. The Hall–Kier alpha value is -2.73. The minimum Gasteiger partial charge on any atom is -0.466 e. The zero-order chi connectivity index (χ0) is 19.7. The van der Waals surface area contributed by atoms with Crippen molar-refractivity contribution in [1.29, 1.82) is 0 Å². The normalized spacial score (nSPS) is 17.0. The molecule has 0 spiro atoms. The number of thiocarbonyl (C=S) groups is 1. The van der Waals surface area contributed by atoms with Crippen LogP contribution in [0.4, 0.5) is 10.1 Å². The highest BCUT2D eigenvalue weighted by Crippen LogP contribution is 2.35. The Morgan fingerprint density at radius 1 is 1.19 bits per heavy atom. The van der Waals surface area contributed by atoms with Crippen LogP contribution in [0, 0.1) is 19.7 Å². The van der Waals surface area contributed by atoms with Gasteiger partial charge in [-0.2, -0.15) is 0 Å². The predicted octanol–water partition coefficient (Wildman–Crippen LogP) is 4.33. The van der Waals surface area contributed by atoms with Crippen LogP contribution in [0.3, 0.4) is 0 Å². The van der Waals surface area contributed by atoms with Gasteiger partial charge in [0, 0.05) is 5.70 Å². The lowest BCUT2D eigenvalue weighted by atomic mass is 9.94. The monoisotopic (exact) mass is 384 g/mol. The van der Waals surface area contributed by atoms with Crippen molar-refractivity contribution in [3.05, 3.63) is 76.2 Å². The number of hydrogen-bond acceptors (Lipinski definition) is 3. The second-order valence-electron chi connectivity index (χ2n) is 6.55. The summed E-state index contributed by atoms with van der Waals surface area (Å²) in [6.45, 7) is 5.81. The highest BCUT2D eigenvalue weighted by atomic mass is 32.1. The molecule has 6 heteroatoms. The Balaban J connectivity index is 2.19. The van der Waals surface area contributed by atoms with Gasteiger partial charge in [-0.15, -0.1) is 0 Å². The number of carbonyl (C=O) groups excluding carboxylic acids is 1. The van der Waals surface area contributed by atoms with E-state index in [2.05, 4.69) is 5.32 Å². The van der Waals surface area contributed by atoms with Crippen molar-refractivity contribution in [3.8, 4) is 0 Å². The molecule has 2 aromatic rings. The molecule has 4 nitrogen and oxygen atoms in total. The average Bonchev–Trinajstić information content (AvgIpc) is 2.63. The van der Waals surface area contributed by atoms with Gasteiger partial charge in [0.2, 0.25) is 0 Å². The molecule has 1 N–H and O–H groups in total. The molecule has 1 atom stereocenters. The summed E-state index contributed by atoms with van der Waals surface area (Å²) in [4.78, 5) is 14.4. The molecule has 0 aromatic heterocycles. The summed E-state index contributed by atoms with van der Waals surface area (Å²) in [7, 11) is 1.33. The number of anilines is 1. The van der Waals surface area contributed by atoms with Gasteiger partial charge in [0.05, 0.1) is 24.4 Å². The highest BCUT2D eigenvalue weighted by Gasteiger charge is 2.35. The van der Waals surface area contributed by atoms with Crippen LogP contribution in [-0.2, 0) is 9.53 Å². The summed E-state index contributed by atoms with van der Waals surface area (Å²) in [6.07, 6.45) is 0. The lowest BCUT2D eigenvalue weighted by Crippen LogP contribution is -2.48. The largest absolute Gasteiger partial charge is 0.466 e. The zero-order valence-corrected chi connectivity index (χ0v) is 16.5. The summed E-state index contributed by atoms with van der Waals surface area (Å²) >= 11 is 5.61. The molecule has 3 rings (SSSR count). The predicted molar refractivity (Wildman–Crippen MR) is 108 cm³/mol. The maximum Gasteiger partial charge on any atom is 0.337 e. The number of aryl methyl sites for hydroxylation is 2. The van der Waals surface area contributed by atoms with Crippen molar-refractivity contribution >= 4 is 29.0 Å². The molecule has 0 unspecified atom stereocenters. The van der Waals surface area contributed by atoms with Crippen LogP contribution in [0.15, 0.2) is 53.7 Å². The quantitative estimate of drug-likeness (QED) is 0.630. The van der Waals surface area contributed by atoms with Gasteiger partial charge in [-0.3, -0.25) is 4.90 Å². The maximum absolute atomic E-state index is 13.8. The molecule has 2 aromatic carbocycles. The first kappa shape index (κ1) is 19.0. The van der Waals surface area contributed by atoms with E-state index in [4.69, 9.17) is 17.0 Å². The molecule has 27 heavy (non-hydrogen) atoms. The van der Waals surface area contributed by atoms with Crippen LogP contribution in [0.2, 0.25) is 0 Å². The van der Waals surface area contributed by atoms with E-state index in [9.17, 15) is 9.18 Å². The highest BCUT2D eigenvalue weighted by molar-refractivity contribution is 7.80. The maximum atomic E-state index is 13.8. The van der Waals surface area contributed by atoms with Crippen molar-refractivity contribution in [3.63, 3.8) is 0 Å². The van der Waals surface area contributed by atoms with Crippen molar-refractivity contribution in [2.24, 2.45) is 0 Å². The van der Waals surface area contributed by atoms with E-state index in [0.29, 0.717) is 21.9 Å². The van der Waals surface area contributed by atoms with Gasteiger partial charge in [-0.05, 0) is 67.9 Å². The van der Waals surface area contributed by atoms with Crippen LogP contribution < -0.4 is 10.2 Å². The number of methoxy groups -OCH3 is 1. The first-order valence-electron chi connectivity index (χ1n) is 8.56. The molecule has 140 valence electrons. The van der Waals surface area contributed by atoms with Crippen molar-refractivity contribution in [1.82, 2.24) is 5.32 Å². The Labute approximate surface area is 163 Å². The summed E-state index contributed by atoms with van der Waals surface area (Å²) in [5.74, 6) is -0.855. The number of allylic oxidation sites excluding steroid dienone is 1. The smallest absolute Gasteiger partial charge is 0.337 e. The van der Waals surface area contributed by atoms with Crippen LogP contribution >= 0.6 is 12.2 Å².